The van der Waals surface area contributed by atoms with Crippen molar-refractivity contribution in [3.8, 4) is 0 Å². The average molecular weight is 297 g/mol. The van der Waals surface area contributed by atoms with Crippen LogP contribution < -0.4 is 5.73 Å². The van der Waals surface area contributed by atoms with Crippen LogP contribution in [0, 0.1) is 6.92 Å². The van der Waals surface area contributed by atoms with Crippen LogP contribution in [0.1, 0.15) is 28.8 Å². The van der Waals surface area contributed by atoms with Crippen LogP contribution in [-0.4, -0.2) is 29.9 Å². The Hall–Kier alpha value is -0.870. The van der Waals surface area contributed by atoms with E-state index in [1.54, 1.807) is 0 Å². The quantitative estimate of drug-likeness (QED) is 0.864. The lowest BCUT2D eigenvalue weighted by atomic mass is 10.0. The lowest BCUT2D eigenvalue weighted by molar-refractivity contribution is 0.0708. The van der Waals surface area contributed by atoms with E-state index in [1.165, 1.54) is 0 Å². The molecule has 1 heterocycles. The molecule has 0 saturated carbocycles. The summed E-state index contributed by atoms with van der Waals surface area (Å²) in [4.78, 5) is 14.2. The van der Waals surface area contributed by atoms with Crippen molar-refractivity contribution in [3.05, 3.63) is 33.8 Å². The number of benzene rings is 1. The van der Waals surface area contributed by atoms with Crippen LogP contribution in [0.15, 0.2) is 22.7 Å². The predicted molar refractivity (Wildman–Crippen MR) is 72.0 cm³/mol. The molecule has 92 valence electrons. The van der Waals surface area contributed by atoms with Gasteiger partial charge in [0.1, 0.15) is 0 Å². The summed E-state index contributed by atoms with van der Waals surface area (Å²) in [5.74, 6) is 0.102. The minimum absolute atomic E-state index is 0.102. The summed E-state index contributed by atoms with van der Waals surface area (Å²) in [5, 5.41) is 0. The summed E-state index contributed by atoms with van der Waals surface area (Å²) in [5.41, 5.74) is 7.68. The van der Waals surface area contributed by atoms with Gasteiger partial charge in [-0.05, 0) is 43.5 Å². The summed E-state index contributed by atoms with van der Waals surface area (Å²) < 4.78 is 1.00. The summed E-state index contributed by atoms with van der Waals surface area (Å²) in [7, 11) is 0. The molecule has 0 spiro atoms. The van der Waals surface area contributed by atoms with Crippen molar-refractivity contribution in [2.45, 2.75) is 25.8 Å². The van der Waals surface area contributed by atoms with E-state index in [4.69, 9.17) is 5.73 Å². The average Bonchev–Trinajstić information content (AvgIpc) is 2.28. The van der Waals surface area contributed by atoms with Gasteiger partial charge in [0.05, 0.1) is 0 Å². The lowest BCUT2D eigenvalue weighted by Crippen LogP contribution is -2.45. The highest BCUT2D eigenvalue weighted by Gasteiger charge is 2.23. The Kier molecular flexibility index (Phi) is 3.84. The van der Waals surface area contributed by atoms with E-state index in [1.807, 2.05) is 30.0 Å². The zero-order valence-corrected chi connectivity index (χ0v) is 11.5. The van der Waals surface area contributed by atoms with Crippen LogP contribution in [0.2, 0.25) is 0 Å². The molecule has 2 N–H and O–H groups in total. The first-order chi connectivity index (χ1) is 8.08. The number of carbonyl (C=O) groups excluding carboxylic acids is 1. The molecule has 1 fully saturated rings. The molecule has 1 aliphatic rings. The molecule has 2 rings (SSSR count). The third kappa shape index (κ3) is 2.87. The SMILES string of the molecule is Cc1cc(Br)ccc1C(=O)N1CCC[C@H](N)C1. The number of rotatable bonds is 1. The van der Waals surface area contributed by atoms with Crippen molar-refractivity contribution >= 4 is 21.8 Å². The van der Waals surface area contributed by atoms with Gasteiger partial charge >= 0.3 is 0 Å². The number of nitrogens with two attached hydrogens (primary N) is 1. The maximum atomic E-state index is 12.3. The minimum atomic E-state index is 0.102. The minimum Gasteiger partial charge on any atom is -0.337 e. The largest absolute Gasteiger partial charge is 0.337 e. The van der Waals surface area contributed by atoms with E-state index in [9.17, 15) is 4.79 Å². The number of likely N-dealkylation sites (tertiary alicyclic amines) is 1. The van der Waals surface area contributed by atoms with Gasteiger partial charge in [0.15, 0.2) is 0 Å². The standard InChI is InChI=1S/C13H17BrN2O/c1-9-7-10(14)4-5-12(9)13(17)16-6-2-3-11(15)8-16/h4-5,7,11H,2-3,6,8,15H2,1H3/t11-/m0/s1. The number of hydrogen-bond donors (Lipinski definition) is 1. The molecular formula is C13H17BrN2O. The molecule has 0 aromatic heterocycles. The van der Waals surface area contributed by atoms with Crippen molar-refractivity contribution in [1.82, 2.24) is 4.90 Å². The monoisotopic (exact) mass is 296 g/mol. The summed E-state index contributed by atoms with van der Waals surface area (Å²) in [6.45, 7) is 3.46. The van der Waals surface area contributed by atoms with Gasteiger partial charge < -0.3 is 10.6 Å². The molecule has 0 aliphatic carbocycles. The molecule has 3 nitrogen and oxygen atoms in total. The van der Waals surface area contributed by atoms with E-state index >= 15 is 0 Å². The van der Waals surface area contributed by atoms with Crippen LogP contribution >= 0.6 is 15.9 Å². The topological polar surface area (TPSA) is 46.3 Å². The fourth-order valence-electron chi connectivity index (χ4n) is 2.23. The lowest BCUT2D eigenvalue weighted by Gasteiger charge is -2.31. The van der Waals surface area contributed by atoms with Gasteiger partial charge in [0.2, 0.25) is 0 Å². The fraction of sp³-hybridized carbons (Fsp3) is 0.462. The second-order valence-electron chi connectivity index (χ2n) is 4.61. The highest BCUT2D eigenvalue weighted by atomic mass is 79.9. The Morgan fingerprint density at radius 1 is 1.53 bits per heavy atom. The summed E-state index contributed by atoms with van der Waals surface area (Å²) in [6, 6.07) is 5.88. The van der Waals surface area contributed by atoms with Gasteiger partial charge in [-0.1, -0.05) is 15.9 Å². The van der Waals surface area contributed by atoms with E-state index in [0.717, 1.165) is 35.0 Å². The molecule has 0 unspecified atom stereocenters. The van der Waals surface area contributed by atoms with Gasteiger partial charge in [0, 0.05) is 29.2 Å². The third-order valence-corrected chi connectivity index (χ3v) is 3.66. The zero-order valence-electron chi connectivity index (χ0n) is 9.95. The van der Waals surface area contributed by atoms with Gasteiger partial charge in [-0.15, -0.1) is 0 Å². The van der Waals surface area contributed by atoms with Crippen molar-refractivity contribution < 1.29 is 4.79 Å². The van der Waals surface area contributed by atoms with Crippen LogP contribution in [0.4, 0.5) is 0 Å². The molecule has 1 atom stereocenters. The number of amides is 1. The van der Waals surface area contributed by atoms with Crippen molar-refractivity contribution in [2.75, 3.05) is 13.1 Å². The van der Waals surface area contributed by atoms with Crippen LogP contribution in [0.25, 0.3) is 0 Å². The first kappa shape index (κ1) is 12.6. The van der Waals surface area contributed by atoms with Crippen LogP contribution in [0.5, 0.6) is 0 Å². The molecule has 0 bridgehead atoms. The number of halogens is 1. The van der Waals surface area contributed by atoms with Crippen molar-refractivity contribution in [1.29, 1.82) is 0 Å². The first-order valence-corrected chi connectivity index (χ1v) is 6.68. The number of hydrogen-bond acceptors (Lipinski definition) is 2. The smallest absolute Gasteiger partial charge is 0.254 e. The van der Waals surface area contributed by atoms with Crippen molar-refractivity contribution in [2.24, 2.45) is 5.73 Å². The van der Waals surface area contributed by atoms with Gasteiger partial charge in [-0.25, -0.2) is 0 Å². The Bertz CT molecular complexity index is 433. The number of nitrogens with zero attached hydrogens (tertiary/aromatic N) is 1. The normalized spacial score (nSPS) is 20.4. The fourth-order valence-corrected chi connectivity index (χ4v) is 2.71. The molecule has 1 aromatic carbocycles. The van der Waals surface area contributed by atoms with E-state index in [2.05, 4.69) is 15.9 Å². The number of piperidine rings is 1. The Labute approximate surface area is 110 Å². The van der Waals surface area contributed by atoms with Crippen LogP contribution in [-0.2, 0) is 0 Å². The van der Waals surface area contributed by atoms with Crippen molar-refractivity contribution in [3.63, 3.8) is 0 Å². The van der Waals surface area contributed by atoms with Gasteiger partial charge in [-0.2, -0.15) is 0 Å². The maximum absolute atomic E-state index is 12.3. The number of aryl methyl sites for hydroxylation is 1. The Morgan fingerprint density at radius 2 is 2.29 bits per heavy atom. The molecule has 17 heavy (non-hydrogen) atoms. The van der Waals surface area contributed by atoms with Gasteiger partial charge in [-0.3, -0.25) is 4.79 Å². The Morgan fingerprint density at radius 3 is 2.94 bits per heavy atom. The molecule has 4 heteroatoms. The summed E-state index contributed by atoms with van der Waals surface area (Å²) in [6.07, 6.45) is 2.02. The first-order valence-electron chi connectivity index (χ1n) is 5.89. The molecule has 0 radical (unpaired) electrons. The summed E-state index contributed by atoms with van der Waals surface area (Å²) >= 11 is 3.41. The third-order valence-electron chi connectivity index (χ3n) is 3.16. The van der Waals surface area contributed by atoms with Gasteiger partial charge in [0.25, 0.3) is 5.91 Å². The van der Waals surface area contributed by atoms with Crippen LogP contribution in [0.3, 0.4) is 0 Å². The molecule has 1 amide bonds. The maximum Gasteiger partial charge on any atom is 0.254 e. The molecule has 1 aromatic rings. The molecular weight excluding hydrogens is 280 g/mol. The zero-order chi connectivity index (χ0) is 12.4. The predicted octanol–water partition coefficient (Wildman–Crippen LogP) is 2.32. The number of carbonyl (C=O) groups is 1. The molecule has 1 saturated heterocycles. The molecule has 1 aliphatic heterocycles. The Balaban J connectivity index is 2.18. The second-order valence-corrected chi connectivity index (χ2v) is 5.53. The van der Waals surface area contributed by atoms with E-state index in [-0.39, 0.29) is 11.9 Å². The second kappa shape index (κ2) is 5.19. The highest BCUT2D eigenvalue weighted by molar-refractivity contribution is 9.10. The highest BCUT2D eigenvalue weighted by Crippen LogP contribution is 2.19. The van der Waals surface area contributed by atoms with E-state index in [0.29, 0.717) is 6.54 Å². The van der Waals surface area contributed by atoms with E-state index < -0.39 is 0 Å².